The molecule has 0 fully saturated rings. The molecule has 13 heteroatoms. The number of ether oxygens (including phenoxy) is 1. The summed E-state index contributed by atoms with van der Waals surface area (Å²) >= 11 is 6.62. The average molecular weight is 565 g/mol. The lowest BCUT2D eigenvalue weighted by Crippen LogP contribution is -2.37. The van der Waals surface area contributed by atoms with E-state index in [1.807, 2.05) is 6.92 Å². The molecule has 4 aromatic rings. The number of rotatable bonds is 7. The van der Waals surface area contributed by atoms with Gasteiger partial charge < -0.3 is 24.9 Å². The molecule has 1 unspecified atom stereocenters. The third-order valence-electron chi connectivity index (χ3n) is 5.89. The van der Waals surface area contributed by atoms with E-state index in [-0.39, 0.29) is 34.5 Å². The molecular formula is C27H22ClFN6O5. The number of halogens is 2. The SMILES string of the molecule is CCOc1ccc(C2N=C(Nc3nc4ccc(F)cc4o3)NC(C)=C2C(=O)Nc2cc(C(=O)O)ccn2)c(Cl)c1. The van der Waals surface area contributed by atoms with Crippen LogP contribution in [0.25, 0.3) is 11.1 Å². The number of hydrogen-bond donors (Lipinski definition) is 4. The molecule has 0 radical (unpaired) electrons. The molecule has 0 saturated carbocycles. The molecular weight excluding hydrogens is 543 g/mol. The maximum absolute atomic E-state index is 13.6. The molecule has 0 spiro atoms. The number of fused-ring (bicyclic) bond motifs is 1. The predicted octanol–water partition coefficient (Wildman–Crippen LogP) is 5.14. The first-order valence-electron chi connectivity index (χ1n) is 12.0. The molecule has 1 aliphatic rings. The molecule has 40 heavy (non-hydrogen) atoms. The van der Waals surface area contributed by atoms with E-state index in [2.05, 4.69) is 30.9 Å². The van der Waals surface area contributed by atoms with Crippen LogP contribution in [-0.4, -0.2) is 39.5 Å². The van der Waals surface area contributed by atoms with Gasteiger partial charge >= 0.3 is 12.0 Å². The van der Waals surface area contributed by atoms with Crippen molar-refractivity contribution < 1.29 is 28.2 Å². The van der Waals surface area contributed by atoms with Gasteiger partial charge in [-0.2, -0.15) is 4.98 Å². The number of aromatic carboxylic acids is 1. The first kappa shape index (κ1) is 26.6. The molecule has 1 atom stereocenters. The highest BCUT2D eigenvalue weighted by Crippen LogP contribution is 2.37. The Balaban J connectivity index is 1.50. The van der Waals surface area contributed by atoms with Crippen molar-refractivity contribution in [3.05, 3.63) is 88.0 Å². The van der Waals surface area contributed by atoms with Crippen molar-refractivity contribution in [2.75, 3.05) is 17.2 Å². The number of guanidine groups is 1. The number of carbonyl (C=O) groups is 2. The minimum atomic E-state index is -1.16. The van der Waals surface area contributed by atoms with Crippen molar-refractivity contribution in [3.63, 3.8) is 0 Å². The molecule has 204 valence electrons. The maximum Gasteiger partial charge on any atom is 0.335 e. The summed E-state index contributed by atoms with van der Waals surface area (Å²) in [6, 6.07) is 10.7. The lowest BCUT2D eigenvalue weighted by atomic mass is 9.95. The van der Waals surface area contributed by atoms with Gasteiger partial charge in [-0.3, -0.25) is 10.1 Å². The predicted molar refractivity (Wildman–Crippen MR) is 146 cm³/mol. The second-order valence-corrected chi connectivity index (χ2v) is 9.01. The van der Waals surface area contributed by atoms with Crippen LogP contribution in [0.4, 0.5) is 16.2 Å². The number of carbonyl (C=O) groups excluding carboxylic acids is 1. The molecule has 0 bridgehead atoms. The third kappa shape index (κ3) is 5.57. The molecule has 5 rings (SSSR count). The summed E-state index contributed by atoms with van der Waals surface area (Å²) in [5.74, 6) is -1.40. The molecule has 0 aliphatic carbocycles. The quantitative estimate of drug-likeness (QED) is 0.239. The van der Waals surface area contributed by atoms with Crippen LogP contribution >= 0.6 is 11.6 Å². The van der Waals surface area contributed by atoms with Crippen LogP contribution < -0.4 is 20.7 Å². The fourth-order valence-corrected chi connectivity index (χ4v) is 4.39. The Hall–Kier alpha value is -4.97. The standard InChI is InChI=1S/C27H22ClFN6O5/c1-3-39-16-5-6-17(18(28)12-16)23-22(24(36)33-21-10-14(25(37)38)8-9-30-21)13(2)31-26(34-23)35-27-32-19-7-4-15(29)11-20(19)40-27/h4-12,23H,3H2,1-2H3,(H,37,38)(H,30,33,36)(H2,31,32,34,35). The van der Waals surface area contributed by atoms with Gasteiger partial charge in [-0.05, 0) is 50.2 Å². The number of carboxylic acid groups (broad SMARTS) is 1. The van der Waals surface area contributed by atoms with Gasteiger partial charge in [0.15, 0.2) is 5.58 Å². The zero-order valence-corrected chi connectivity index (χ0v) is 21.9. The van der Waals surface area contributed by atoms with Gasteiger partial charge in [-0.1, -0.05) is 17.7 Å². The van der Waals surface area contributed by atoms with Crippen LogP contribution in [-0.2, 0) is 4.79 Å². The van der Waals surface area contributed by atoms with Crippen LogP contribution in [0.2, 0.25) is 5.02 Å². The van der Waals surface area contributed by atoms with E-state index in [0.29, 0.717) is 34.2 Å². The Morgan fingerprint density at radius 3 is 2.77 bits per heavy atom. The third-order valence-corrected chi connectivity index (χ3v) is 6.22. The molecule has 2 aromatic carbocycles. The maximum atomic E-state index is 13.6. The van der Waals surface area contributed by atoms with Gasteiger partial charge in [0.1, 0.15) is 28.9 Å². The molecule has 3 heterocycles. The fraction of sp³-hybridized carbons (Fsp3) is 0.148. The number of nitrogens with one attached hydrogen (secondary N) is 3. The molecule has 2 aromatic heterocycles. The zero-order valence-electron chi connectivity index (χ0n) is 21.2. The van der Waals surface area contributed by atoms with E-state index in [9.17, 15) is 19.1 Å². The Morgan fingerprint density at radius 1 is 1.20 bits per heavy atom. The van der Waals surface area contributed by atoms with E-state index in [4.69, 9.17) is 20.8 Å². The zero-order chi connectivity index (χ0) is 28.4. The van der Waals surface area contributed by atoms with Crippen LogP contribution in [0.1, 0.15) is 35.8 Å². The van der Waals surface area contributed by atoms with Crippen molar-refractivity contribution in [2.24, 2.45) is 4.99 Å². The smallest absolute Gasteiger partial charge is 0.335 e. The summed E-state index contributed by atoms with van der Waals surface area (Å²) in [5.41, 5.74) is 1.78. The molecule has 4 N–H and O–H groups in total. The summed E-state index contributed by atoms with van der Waals surface area (Å²) in [6.07, 6.45) is 1.28. The highest BCUT2D eigenvalue weighted by Gasteiger charge is 2.31. The van der Waals surface area contributed by atoms with Crippen LogP contribution in [0, 0.1) is 5.82 Å². The van der Waals surface area contributed by atoms with E-state index in [1.54, 1.807) is 25.1 Å². The number of pyridine rings is 1. The number of allylic oxidation sites excluding steroid dienone is 1. The monoisotopic (exact) mass is 564 g/mol. The normalized spacial score (nSPS) is 14.9. The lowest BCUT2D eigenvalue weighted by Gasteiger charge is -2.27. The highest BCUT2D eigenvalue weighted by molar-refractivity contribution is 6.31. The van der Waals surface area contributed by atoms with Crippen LogP contribution in [0.3, 0.4) is 0 Å². The Labute approximate surface area is 231 Å². The number of anilines is 2. The van der Waals surface area contributed by atoms with Crippen molar-refractivity contribution in [2.45, 2.75) is 19.9 Å². The number of oxazole rings is 1. The Kier molecular flexibility index (Phi) is 7.34. The van der Waals surface area contributed by atoms with Crippen LogP contribution in [0.15, 0.2) is 75.4 Å². The summed E-state index contributed by atoms with van der Waals surface area (Å²) in [5, 5.41) is 18.2. The molecule has 1 aliphatic heterocycles. The molecule has 1 amide bonds. The number of amides is 1. The van der Waals surface area contributed by atoms with Gasteiger partial charge in [0, 0.05) is 28.5 Å². The van der Waals surface area contributed by atoms with Gasteiger partial charge in [-0.15, -0.1) is 0 Å². The largest absolute Gasteiger partial charge is 0.494 e. The number of benzene rings is 2. The van der Waals surface area contributed by atoms with Gasteiger partial charge in [0.25, 0.3) is 5.91 Å². The lowest BCUT2D eigenvalue weighted by molar-refractivity contribution is -0.113. The van der Waals surface area contributed by atoms with Crippen molar-refractivity contribution >= 4 is 52.4 Å². The Bertz CT molecular complexity index is 1700. The molecule has 11 nitrogen and oxygen atoms in total. The summed E-state index contributed by atoms with van der Waals surface area (Å²) in [6.45, 7) is 3.96. The second-order valence-electron chi connectivity index (χ2n) is 8.61. The minimum absolute atomic E-state index is 0.0356. The average Bonchev–Trinajstić information content (AvgIpc) is 3.30. The molecule has 0 saturated heterocycles. The van der Waals surface area contributed by atoms with E-state index in [1.165, 1.54) is 36.5 Å². The summed E-state index contributed by atoms with van der Waals surface area (Å²) in [4.78, 5) is 37.9. The van der Waals surface area contributed by atoms with Gasteiger partial charge in [0.2, 0.25) is 5.96 Å². The number of aliphatic imine (C=N–C) groups is 1. The highest BCUT2D eigenvalue weighted by atomic mass is 35.5. The summed E-state index contributed by atoms with van der Waals surface area (Å²) < 4.78 is 24.7. The van der Waals surface area contributed by atoms with Crippen LogP contribution in [0.5, 0.6) is 5.75 Å². The summed E-state index contributed by atoms with van der Waals surface area (Å²) in [7, 11) is 0. The Morgan fingerprint density at radius 2 is 2.02 bits per heavy atom. The van der Waals surface area contributed by atoms with E-state index >= 15 is 0 Å². The number of carboxylic acids is 1. The first-order valence-corrected chi connectivity index (χ1v) is 12.4. The van der Waals surface area contributed by atoms with Crippen molar-refractivity contribution in [1.29, 1.82) is 0 Å². The number of nitrogens with zero attached hydrogens (tertiary/aromatic N) is 3. The minimum Gasteiger partial charge on any atom is -0.494 e. The fourth-order valence-electron chi connectivity index (χ4n) is 4.11. The van der Waals surface area contributed by atoms with Crippen molar-refractivity contribution in [3.8, 4) is 5.75 Å². The van der Waals surface area contributed by atoms with Gasteiger partial charge in [-0.25, -0.2) is 19.2 Å². The first-order chi connectivity index (χ1) is 19.2. The van der Waals surface area contributed by atoms with E-state index in [0.717, 1.165) is 0 Å². The number of aromatic nitrogens is 2. The van der Waals surface area contributed by atoms with Crippen molar-refractivity contribution in [1.82, 2.24) is 15.3 Å². The second kappa shape index (κ2) is 11.0. The van der Waals surface area contributed by atoms with Gasteiger partial charge in [0.05, 0.1) is 17.7 Å². The number of hydrogen-bond acceptors (Lipinski definition) is 9. The van der Waals surface area contributed by atoms with E-state index < -0.39 is 23.7 Å². The topological polar surface area (TPSA) is 151 Å².